The zero-order valence-corrected chi connectivity index (χ0v) is 12.1. The first-order valence-electron chi connectivity index (χ1n) is 7.31. The van der Waals surface area contributed by atoms with Crippen molar-refractivity contribution in [1.29, 1.82) is 0 Å². The van der Waals surface area contributed by atoms with Crippen molar-refractivity contribution >= 4 is 5.91 Å². The second-order valence-electron chi connectivity index (χ2n) is 5.42. The predicted molar refractivity (Wildman–Crippen MR) is 79.0 cm³/mol. The number of amides is 1. The summed E-state index contributed by atoms with van der Waals surface area (Å²) < 4.78 is 0. The number of nitrogens with one attached hydrogen (secondary N) is 1. The van der Waals surface area contributed by atoms with Crippen LogP contribution in [0.25, 0.3) is 0 Å². The van der Waals surface area contributed by atoms with E-state index in [2.05, 4.69) is 15.2 Å². The maximum absolute atomic E-state index is 12.0. The van der Waals surface area contributed by atoms with Gasteiger partial charge in [0.05, 0.1) is 11.6 Å². The summed E-state index contributed by atoms with van der Waals surface area (Å²) in [4.78, 5) is 18.8. The first-order valence-corrected chi connectivity index (χ1v) is 7.31. The molecule has 1 saturated heterocycles. The Balaban J connectivity index is 1.88. The van der Waals surface area contributed by atoms with E-state index in [4.69, 9.17) is 5.73 Å². The highest BCUT2D eigenvalue weighted by atomic mass is 16.1. The lowest BCUT2D eigenvalue weighted by Gasteiger charge is -2.31. The third-order valence-electron chi connectivity index (χ3n) is 3.65. The molecule has 0 aromatic carbocycles. The normalized spacial score (nSPS) is 19.8. The van der Waals surface area contributed by atoms with E-state index in [1.165, 1.54) is 0 Å². The zero-order valence-electron chi connectivity index (χ0n) is 12.1. The molecule has 3 N–H and O–H groups in total. The van der Waals surface area contributed by atoms with Crippen molar-refractivity contribution < 1.29 is 4.79 Å². The second-order valence-corrected chi connectivity index (χ2v) is 5.42. The van der Waals surface area contributed by atoms with Crippen LogP contribution in [-0.4, -0.2) is 42.0 Å². The molecule has 1 amide bonds. The summed E-state index contributed by atoms with van der Waals surface area (Å²) in [6, 6.07) is 6.08. The van der Waals surface area contributed by atoms with Crippen LogP contribution < -0.4 is 11.1 Å². The van der Waals surface area contributed by atoms with Gasteiger partial charge < -0.3 is 11.1 Å². The summed E-state index contributed by atoms with van der Waals surface area (Å²) >= 11 is 0. The largest absolute Gasteiger partial charge is 0.355 e. The maximum atomic E-state index is 12.0. The fraction of sp³-hybridized carbons (Fsp3) is 0.600. The van der Waals surface area contributed by atoms with Gasteiger partial charge in [0.25, 0.3) is 0 Å². The molecular weight excluding hydrogens is 252 g/mol. The molecule has 0 bridgehead atoms. The average molecular weight is 276 g/mol. The topological polar surface area (TPSA) is 71.2 Å². The Morgan fingerprint density at radius 3 is 3.15 bits per heavy atom. The Morgan fingerprint density at radius 2 is 2.40 bits per heavy atom. The average Bonchev–Trinajstić information content (AvgIpc) is 2.45. The Hall–Kier alpha value is -1.46. The molecule has 0 radical (unpaired) electrons. The molecule has 110 valence electrons. The molecule has 1 atom stereocenters. The number of rotatable bonds is 5. The Bertz CT molecular complexity index is 449. The number of aromatic nitrogens is 1. The number of piperidine rings is 1. The summed E-state index contributed by atoms with van der Waals surface area (Å²) in [6.07, 6.45) is 2.03. The molecule has 1 unspecified atom stereocenters. The van der Waals surface area contributed by atoms with E-state index >= 15 is 0 Å². The Labute approximate surface area is 120 Å². The molecule has 1 aliphatic heterocycles. The van der Waals surface area contributed by atoms with Crippen LogP contribution in [0, 0.1) is 12.8 Å². The van der Waals surface area contributed by atoms with Gasteiger partial charge in [0.2, 0.25) is 5.91 Å². The van der Waals surface area contributed by atoms with Gasteiger partial charge in [-0.3, -0.25) is 14.7 Å². The van der Waals surface area contributed by atoms with Crippen LogP contribution >= 0.6 is 0 Å². The van der Waals surface area contributed by atoms with Crippen molar-refractivity contribution in [3.05, 3.63) is 29.6 Å². The van der Waals surface area contributed by atoms with E-state index in [-0.39, 0.29) is 11.8 Å². The van der Waals surface area contributed by atoms with Gasteiger partial charge in [0, 0.05) is 31.9 Å². The number of aryl methyl sites for hydroxylation is 1. The van der Waals surface area contributed by atoms with Crippen molar-refractivity contribution in [2.45, 2.75) is 26.3 Å². The smallest absolute Gasteiger partial charge is 0.224 e. The molecule has 1 aromatic rings. The molecule has 0 spiro atoms. The van der Waals surface area contributed by atoms with E-state index < -0.39 is 0 Å². The lowest BCUT2D eigenvalue weighted by Crippen LogP contribution is -2.43. The van der Waals surface area contributed by atoms with Gasteiger partial charge in [0.1, 0.15) is 0 Å². The van der Waals surface area contributed by atoms with Crippen LogP contribution in [0.4, 0.5) is 0 Å². The quantitative estimate of drug-likeness (QED) is 0.829. The lowest BCUT2D eigenvalue weighted by atomic mass is 9.97. The van der Waals surface area contributed by atoms with Crippen LogP contribution in [0.2, 0.25) is 0 Å². The molecule has 20 heavy (non-hydrogen) atoms. The number of hydrogen-bond acceptors (Lipinski definition) is 4. The van der Waals surface area contributed by atoms with Gasteiger partial charge in [-0.15, -0.1) is 0 Å². The summed E-state index contributed by atoms with van der Waals surface area (Å²) in [5.74, 6) is 0.220. The van der Waals surface area contributed by atoms with Crippen molar-refractivity contribution in [1.82, 2.24) is 15.2 Å². The summed E-state index contributed by atoms with van der Waals surface area (Å²) in [6.45, 7) is 5.73. The standard InChI is InChI=1S/C15H24N4O/c1-12-4-2-6-14(18-12)11-19-9-3-5-13(10-19)15(20)17-8-7-16/h2,4,6,13H,3,5,7-11,16H2,1H3,(H,17,20). The number of pyridine rings is 1. The van der Waals surface area contributed by atoms with Crippen LogP contribution in [0.3, 0.4) is 0 Å². The first kappa shape index (κ1) is 14.9. The number of carbonyl (C=O) groups is 1. The molecule has 5 heteroatoms. The van der Waals surface area contributed by atoms with Crippen molar-refractivity contribution in [2.75, 3.05) is 26.2 Å². The first-order chi connectivity index (χ1) is 9.69. The summed E-state index contributed by atoms with van der Waals surface area (Å²) in [5.41, 5.74) is 7.53. The number of nitrogens with two attached hydrogens (primary N) is 1. The molecule has 2 rings (SSSR count). The maximum Gasteiger partial charge on any atom is 0.224 e. The molecule has 1 aromatic heterocycles. The fourth-order valence-corrected chi connectivity index (χ4v) is 2.67. The molecule has 2 heterocycles. The van der Waals surface area contributed by atoms with E-state index in [1.807, 2.05) is 25.1 Å². The molecule has 1 fully saturated rings. The van der Waals surface area contributed by atoms with Crippen LogP contribution in [0.1, 0.15) is 24.2 Å². The lowest BCUT2D eigenvalue weighted by molar-refractivity contribution is -0.126. The number of hydrogen-bond donors (Lipinski definition) is 2. The van der Waals surface area contributed by atoms with Gasteiger partial charge >= 0.3 is 0 Å². The van der Waals surface area contributed by atoms with E-state index in [1.54, 1.807) is 0 Å². The summed E-state index contributed by atoms with van der Waals surface area (Å²) in [5, 5.41) is 2.89. The third-order valence-corrected chi connectivity index (χ3v) is 3.65. The van der Waals surface area contributed by atoms with Crippen molar-refractivity contribution in [3.8, 4) is 0 Å². The molecular formula is C15H24N4O. The third kappa shape index (κ3) is 4.28. The Morgan fingerprint density at radius 1 is 1.55 bits per heavy atom. The minimum absolute atomic E-state index is 0.0834. The highest BCUT2D eigenvalue weighted by Crippen LogP contribution is 2.18. The minimum atomic E-state index is 0.0834. The van der Waals surface area contributed by atoms with Gasteiger partial charge in [-0.25, -0.2) is 0 Å². The number of nitrogens with zero attached hydrogens (tertiary/aromatic N) is 2. The van der Waals surface area contributed by atoms with Crippen LogP contribution in [-0.2, 0) is 11.3 Å². The Kier molecular flexibility index (Phi) is 5.49. The number of carbonyl (C=O) groups excluding carboxylic acids is 1. The van der Waals surface area contributed by atoms with Gasteiger partial charge in [-0.1, -0.05) is 6.07 Å². The van der Waals surface area contributed by atoms with Crippen molar-refractivity contribution in [3.63, 3.8) is 0 Å². The number of likely N-dealkylation sites (tertiary alicyclic amines) is 1. The highest BCUT2D eigenvalue weighted by Gasteiger charge is 2.25. The van der Waals surface area contributed by atoms with Crippen molar-refractivity contribution in [2.24, 2.45) is 11.7 Å². The molecule has 0 aliphatic carbocycles. The molecule has 0 saturated carbocycles. The van der Waals surface area contributed by atoms with E-state index in [0.29, 0.717) is 13.1 Å². The predicted octanol–water partition coefficient (Wildman–Crippen LogP) is 0.677. The summed E-state index contributed by atoms with van der Waals surface area (Å²) in [7, 11) is 0. The SMILES string of the molecule is Cc1cccc(CN2CCCC(C(=O)NCCN)C2)n1. The minimum Gasteiger partial charge on any atom is -0.355 e. The fourth-order valence-electron chi connectivity index (χ4n) is 2.67. The van der Waals surface area contributed by atoms with Gasteiger partial charge in [-0.05, 0) is 38.4 Å². The molecule has 5 nitrogen and oxygen atoms in total. The van der Waals surface area contributed by atoms with E-state index in [9.17, 15) is 4.79 Å². The highest BCUT2D eigenvalue weighted by molar-refractivity contribution is 5.78. The van der Waals surface area contributed by atoms with Crippen LogP contribution in [0.15, 0.2) is 18.2 Å². The van der Waals surface area contributed by atoms with E-state index in [0.717, 1.165) is 43.9 Å². The molecule has 1 aliphatic rings. The van der Waals surface area contributed by atoms with Gasteiger partial charge in [0.15, 0.2) is 0 Å². The van der Waals surface area contributed by atoms with Crippen LogP contribution in [0.5, 0.6) is 0 Å². The zero-order chi connectivity index (χ0) is 14.4. The van der Waals surface area contributed by atoms with Gasteiger partial charge in [-0.2, -0.15) is 0 Å². The monoisotopic (exact) mass is 276 g/mol. The second kappa shape index (κ2) is 7.36.